The van der Waals surface area contributed by atoms with Crippen LogP contribution < -0.4 is 11.1 Å². The molecule has 0 aliphatic carbocycles. The molecule has 5 nitrogen and oxygen atoms in total. The van der Waals surface area contributed by atoms with E-state index < -0.39 is 0 Å². The lowest BCUT2D eigenvalue weighted by atomic mass is 10.3. The van der Waals surface area contributed by atoms with Gasteiger partial charge in [0.25, 0.3) is 0 Å². The van der Waals surface area contributed by atoms with Gasteiger partial charge in [-0.3, -0.25) is 9.48 Å². The second-order valence-electron chi connectivity index (χ2n) is 3.66. The third kappa shape index (κ3) is 3.23. The summed E-state index contributed by atoms with van der Waals surface area (Å²) in [5.41, 5.74) is 5.59. The number of nitrogen functional groups attached to an aromatic ring is 1. The molecule has 0 aliphatic heterocycles. The first-order valence-electron chi connectivity index (χ1n) is 5.34. The lowest BCUT2D eigenvalue weighted by Gasteiger charge is -2.12. The van der Waals surface area contributed by atoms with E-state index in [1.807, 2.05) is 0 Å². The molecule has 0 spiro atoms. The van der Waals surface area contributed by atoms with Crippen molar-refractivity contribution >= 4 is 27.7 Å². The zero-order valence-electron chi connectivity index (χ0n) is 9.53. The SMILES string of the molecule is CCCCNC(=O)C(C)n1cc(Br)c(N)n1. The Kier molecular flexibility index (Phi) is 4.79. The molecule has 16 heavy (non-hydrogen) atoms. The average Bonchev–Trinajstić information content (AvgIpc) is 2.58. The number of halogens is 1. The van der Waals surface area contributed by atoms with Crippen LogP contribution in [-0.4, -0.2) is 22.2 Å². The smallest absolute Gasteiger partial charge is 0.244 e. The zero-order valence-corrected chi connectivity index (χ0v) is 11.1. The molecule has 1 aromatic rings. The van der Waals surface area contributed by atoms with Crippen LogP contribution in [0.3, 0.4) is 0 Å². The molecule has 0 saturated carbocycles. The molecule has 0 bridgehead atoms. The largest absolute Gasteiger partial charge is 0.381 e. The number of rotatable bonds is 5. The van der Waals surface area contributed by atoms with Crippen molar-refractivity contribution in [3.63, 3.8) is 0 Å². The first-order chi connectivity index (χ1) is 7.56. The summed E-state index contributed by atoms with van der Waals surface area (Å²) in [5.74, 6) is 0.358. The van der Waals surface area contributed by atoms with Crippen LogP contribution in [0.1, 0.15) is 32.7 Å². The Balaban J connectivity index is 2.56. The summed E-state index contributed by atoms with van der Waals surface area (Å²) in [4.78, 5) is 11.7. The molecule has 90 valence electrons. The highest BCUT2D eigenvalue weighted by Crippen LogP contribution is 2.19. The van der Waals surface area contributed by atoms with E-state index in [1.54, 1.807) is 17.8 Å². The van der Waals surface area contributed by atoms with Crippen molar-refractivity contribution in [2.45, 2.75) is 32.7 Å². The van der Waals surface area contributed by atoms with Crippen molar-refractivity contribution in [3.8, 4) is 0 Å². The normalized spacial score (nSPS) is 12.4. The molecule has 1 aromatic heterocycles. The molecular weight excluding hydrogens is 272 g/mol. The van der Waals surface area contributed by atoms with Crippen LogP contribution in [0.5, 0.6) is 0 Å². The minimum absolute atomic E-state index is 0.0385. The number of hydrogen-bond acceptors (Lipinski definition) is 3. The van der Waals surface area contributed by atoms with Crippen LogP contribution >= 0.6 is 15.9 Å². The van der Waals surface area contributed by atoms with Gasteiger partial charge in [0, 0.05) is 12.7 Å². The minimum atomic E-state index is -0.342. The summed E-state index contributed by atoms with van der Waals surface area (Å²) in [7, 11) is 0. The second-order valence-corrected chi connectivity index (χ2v) is 4.52. The third-order valence-corrected chi connectivity index (χ3v) is 2.93. The maximum atomic E-state index is 11.7. The fourth-order valence-electron chi connectivity index (χ4n) is 1.24. The number of anilines is 1. The van der Waals surface area contributed by atoms with Gasteiger partial charge in [0.1, 0.15) is 6.04 Å². The second kappa shape index (κ2) is 5.89. The van der Waals surface area contributed by atoms with Crippen LogP contribution in [0.4, 0.5) is 5.82 Å². The van der Waals surface area contributed by atoms with Crippen molar-refractivity contribution < 1.29 is 4.79 Å². The number of carbonyl (C=O) groups excluding carboxylic acids is 1. The molecule has 0 aromatic carbocycles. The summed E-state index contributed by atoms with van der Waals surface area (Å²) in [6.07, 6.45) is 3.76. The van der Waals surface area contributed by atoms with Crippen molar-refractivity contribution in [2.24, 2.45) is 0 Å². The van der Waals surface area contributed by atoms with E-state index in [4.69, 9.17) is 5.73 Å². The van der Waals surface area contributed by atoms with Crippen LogP contribution in [0.15, 0.2) is 10.7 Å². The van der Waals surface area contributed by atoms with E-state index in [0.717, 1.165) is 12.8 Å². The van der Waals surface area contributed by atoms with Crippen LogP contribution in [-0.2, 0) is 4.79 Å². The van der Waals surface area contributed by atoms with Gasteiger partial charge in [-0.15, -0.1) is 0 Å². The standard InChI is InChI=1S/C10H17BrN4O/c1-3-4-5-13-10(16)7(2)15-6-8(11)9(12)14-15/h6-7H,3-5H2,1-2H3,(H2,12,14)(H,13,16). The number of aromatic nitrogens is 2. The maximum absolute atomic E-state index is 11.7. The molecule has 0 fully saturated rings. The Hall–Kier alpha value is -1.04. The maximum Gasteiger partial charge on any atom is 0.244 e. The summed E-state index contributed by atoms with van der Waals surface area (Å²) in [6, 6.07) is -0.342. The van der Waals surface area contributed by atoms with E-state index in [9.17, 15) is 4.79 Å². The summed E-state index contributed by atoms with van der Waals surface area (Å²) < 4.78 is 2.27. The van der Waals surface area contributed by atoms with Crippen molar-refractivity contribution in [1.29, 1.82) is 0 Å². The number of amides is 1. The number of carbonyl (C=O) groups is 1. The molecule has 1 atom stereocenters. The molecule has 1 rings (SSSR count). The topological polar surface area (TPSA) is 72.9 Å². The first-order valence-corrected chi connectivity index (χ1v) is 6.13. The zero-order chi connectivity index (χ0) is 12.1. The molecule has 0 radical (unpaired) electrons. The van der Waals surface area contributed by atoms with Gasteiger partial charge in [-0.25, -0.2) is 0 Å². The van der Waals surface area contributed by atoms with E-state index in [0.29, 0.717) is 16.8 Å². The number of nitrogens with two attached hydrogens (primary N) is 1. The fraction of sp³-hybridized carbons (Fsp3) is 0.600. The quantitative estimate of drug-likeness (QED) is 0.810. The van der Waals surface area contributed by atoms with Crippen LogP contribution in [0, 0.1) is 0 Å². The Morgan fingerprint density at radius 3 is 2.94 bits per heavy atom. The molecule has 1 amide bonds. The van der Waals surface area contributed by atoms with Gasteiger partial charge in [-0.1, -0.05) is 13.3 Å². The van der Waals surface area contributed by atoms with Crippen molar-refractivity contribution in [2.75, 3.05) is 12.3 Å². The van der Waals surface area contributed by atoms with Gasteiger partial charge in [0.05, 0.1) is 4.47 Å². The van der Waals surface area contributed by atoms with E-state index in [-0.39, 0.29) is 11.9 Å². The van der Waals surface area contributed by atoms with Gasteiger partial charge in [-0.05, 0) is 29.3 Å². The number of nitrogens with one attached hydrogen (secondary N) is 1. The Labute approximate surface area is 104 Å². The Morgan fingerprint density at radius 2 is 2.44 bits per heavy atom. The predicted octanol–water partition coefficient (Wildman–Crippen LogP) is 1.71. The molecular formula is C10H17BrN4O. The summed E-state index contributed by atoms with van der Waals surface area (Å²) in [5, 5.41) is 6.90. The number of hydrogen-bond donors (Lipinski definition) is 2. The lowest BCUT2D eigenvalue weighted by Crippen LogP contribution is -2.31. The molecule has 1 unspecified atom stereocenters. The Bertz CT molecular complexity index is 344. The summed E-state index contributed by atoms with van der Waals surface area (Å²) in [6.45, 7) is 4.58. The Morgan fingerprint density at radius 1 is 1.75 bits per heavy atom. The summed E-state index contributed by atoms with van der Waals surface area (Å²) >= 11 is 3.26. The van der Waals surface area contributed by atoms with Crippen LogP contribution in [0.25, 0.3) is 0 Å². The van der Waals surface area contributed by atoms with E-state index in [2.05, 4.69) is 33.3 Å². The molecule has 6 heteroatoms. The van der Waals surface area contributed by atoms with E-state index >= 15 is 0 Å². The van der Waals surface area contributed by atoms with Gasteiger partial charge in [0.2, 0.25) is 5.91 Å². The lowest BCUT2D eigenvalue weighted by molar-refractivity contribution is -0.124. The fourth-order valence-corrected chi connectivity index (χ4v) is 1.53. The van der Waals surface area contributed by atoms with Crippen molar-refractivity contribution in [1.82, 2.24) is 15.1 Å². The van der Waals surface area contributed by atoms with Gasteiger partial charge in [-0.2, -0.15) is 5.10 Å². The average molecular weight is 289 g/mol. The van der Waals surface area contributed by atoms with Gasteiger partial charge in [0.15, 0.2) is 5.82 Å². The molecule has 0 aliphatic rings. The highest BCUT2D eigenvalue weighted by molar-refractivity contribution is 9.10. The number of nitrogens with zero attached hydrogens (tertiary/aromatic N) is 2. The van der Waals surface area contributed by atoms with E-state index in [1.165, 1.54) is 0 Å². The monoisotopic (exact) mass is 288 g/mol. The highest BCUT2D eigenvalue weighted by atomic mass is 79.9. The van der Waals surface area contributed by atoms with Crippen LogP contribution in [0.2, 0.25) is 0 Å². The number of unbranched alkanes of at least 4 members (excludes halogenated alkanes) is 1. The highest BCUT2D eigenvalue weighted by Gasteiger charge is 2.16. The van der Waals surface area contributed by atoms with Crippen molar-refractivity contribution in [3.05, 3.63) is 10.7 Å². The molecule has 1 heterocycles. The first kappa shape index (κ1) is 13.0. The predicted molar refractivity (Wildman–Crippen MR) is 67.0 cm³/mol. The minimum Gasteiger partial charge on any atom is -0.381 e. The third-order valence-electron chi connectivity index (χ3n) is 2.32. The van der Waals surface area contributed by atoms with Gasteiger partial charge < -0.3 is 11.1 Å². The molecule has 3 N–H and O–H groups in total. The molecule has 0 saturated heterocycles. The van der Waals surface area contributed by atoms with Gasteiger partial charge >= 0.3 is 0 Å².